The molecule has 0 aliphatic heterocycles. The standard InChI is InChI=1S/C14H11BrFNO/c1-9-3-2-4-14(18)11(9)8-17-13-6-5-10(15)7-12(13)16/h2-8,18H,1H3/b17-8+. The molecule has 0 aromatic heterocycles. The van der Waals surface area contributed by atoms with Crippen LogP contribution in [0.4, 0.5) is 10.1 Å². The van der Waals surface area contributed by atoms with E-state index in [0.29, 0.717) is 10.0 Å². The lowest BCUT2D eigenvalue weighted by Crippen LogP contribution is -1.87. The van der Waals surface area contributed by atoms with Crippen LogP contribution in [0, 0.1) is 12.7 Å². The van der Waals surface area contributed by atoms with Crippen LogP contribution >= 0.6 is 15.9 Å². The van der Waals surface area contributed by atoms with Gasteiger partial charge in [0.05, 0.1) is 5.69 Å². The van der Waals surface area contributed by atoms with Crippen LogP contribution in [0.25, 0.3) is 0 Å². The molecule has 0 heterocycles. The molecule has 2 aromatic rings. The molecule has 92 valence electrons. The topological polar surface area (TPSA) is 32.6 Å². The van der Waals surface area contributed by atoms with E-state index in [1.54, 1.807) is 24.3 Å². The van der Waals surface area contributed by atoms with Gasteiger partial charge in [0.2, 0.25) is 0 Å². The van der Waals surface area contributed by atoms with Crippen molar-refractivity contribution in [1.29, 1.82) is 0 Å². The molecule has 0 unspecified atom stereocenters. The molecule has 18 heavy (non-hydrogen) atoms. The summed E-state index contributed by atoms with van der Waals surface area (Å²) in [7, 11) is 0. The minimum Gasteiger partial charge on any atom is -0.507 e. The van der Waals surface area contributed by atoms with Gasteiger partial charge < -0.3 is 5.11 Å². The highest BCUT2D eigenvalue weighted by Crippen LogP contribution is 2.23. The third kappa shape index (κ3) is 2.76. The molecule has 0 aliphatic rings. The van der Waals surface area contributed by atoms with E-state index >= 15 is 0 Å². The average molecular weight is 308 g/mol. The van der Waals surface area contributed by atoms with Crippen molar-refractivity contribution in [1.82, 2.24) is 0 Å². The Kier molecular flexibility index (Phi) is 3.77. The molecular formula is C14H11BrFNO. The van der Waals surface area contributed by atoms with Crippen LogP contribution < -0.4 is 0 Å². The molecular weight excluding hydrogens is 297 g/mol. The fourth-order valence-electron chi connectivity index (χ4n) is 1.55. The van der Waals surface area contributed by atoms with Crippen LogP contribution in [0.1, 0.15) is 11.1 Å². The SMILES string of the molecule is Cc1cccc(O)c1/C=N/c1ccc(Br)cc1F. The highest BCUT2D eigenvalue weighted by molar-refractivity contribution is 9.10. The number of aliphatic imine (C=N–C) groups is 1. The van der Waals surface area contributed by atoms with Crippen molar-refractivity contribution in [2.75, 3.05) is 0 Å². The van der Waals surface area contributed by atoms with Crippen molar-refractivity contribution in [2.24, 2.45) is 4.99 Å². The minimum absolute atomic E-state index is 0.135. The first-order chi connectivity index (χ1) is 8.58. The van der Waals surface area contributed by atoms with E-state index in [0.717, 1.165) is 5.56 Å². The number of benzene rings is 2. The minimum atomic E-state index is -0.409. The van der Waals surface area contributed by atoms with Crippen molar-refractivity contribution in [3.8, 4) is 5.75 Å². The van der Waals surface area contributed by atoms with Gasteiger partial charge in [-0.3, -0.25) is 4.99 Å². The third-order valence-corrected chi connectivity index (χ3v) is 3.04. The fraction of sp³-hybridized carbons (Fsp3) is 0.0714. The molecule has 0 radical (unpaired) electrons. The van der Waals surface area contributed by atoms with Gasteiger partial charge in [-0.05, 0) is 36.8 Å². The van der Waals surface area contributed by atoms with Gasteiger partial charge in [0.1, 0.15) is 11.6 Å². The Morgan fingerprint density at radius 2 is 2.06 bits per heavy atom. The van der Waals surface area contributed by atoms with Crippen molar-refractivity contribution in [2.45, 2.75) is 6.92 Å². The predicted molar refractivity (Wildman–Crippen MR) is 74.2 cm³/mol. The van der Waals surface area contributed by atoms with Gasteiger partial charge in [0.15, 0.2) is 0 Å². The van der Waals surface area contributed by atoms with Gasteiger partial charge in [-0.15, -0.1) is 0 Å². The number of aromatic hydroxyl groups is 1. The predicted octanol–water partition coefficient (Wildman–Crippen LogP) is 4.35. The molecule has 0 atom stereocenters. The van der Waals surface area contributed by atoms with Crippen molar-refractivity contribution >= 4 is 27.8 Å². The zero-order valence-electron chi connectivity index (χ0n) is 9.69. The largest absolute Gasteiger partial charge is 0.507 e. The Labute approximate surface area is 113 Å². The number of aryl methyl sites for hydroxylation is 1. The molecule has 2 nitrogen and oxygen atoms in total. The number of phenols is 1. The maximum Gasteiger partial charge on any atom is 0.149 e. The number of halogens is 2. The third-order valence-electron chi connectivity index (χ3n) is 2.54. The van der Waals surface area contributed by atoms with Crippen LogP contribution in [0.15, 0.2) is 45.9 Å². The van der Waals surface area contributed by atoms with E-state index < -0.39 is 5.82 Å². The summed E-state index contributed by atoms with van der Waals surface area (Å²) in [6.45, 7) is 1.86. The lowest BCUT2D eigenvalue weighted by Gasteiger charge is -2.02. The van der Waals surface area contributed by atoms with E-state index in [9.17, 15) is 9.50 Å². The summed E-state index contributed by atoms with van der Waals surface area (Å²) < 4.78 is 14.2. The van der Waals surface area contributed by atoms with Crippen molar-refractivity contribution in [3.63, 3.8) is 0 Å². The van der Waals surface area contributed by atoms with Crippen LogP contribution in [0.5, 0.6) is 5.75 Å². The molecule has 0 saturated carbocycles. The van der Waals surface area contributed by atoms with Crippen LogP contribution in [0.3, 0.4) is 0 Å². The van der Waals surface area contributed by atoms with Gasteiger partial charge in [-0.1, -0.05) is 28.1 Å². The first-order valence-corrected chi connectivity index (χ1v) is 6.15. The first-order valence-electron chi connectivity index (χ1n) is 5.35. The van der Waals surface area contributed by atoms with Crippen molar-refractivity contribution in [3.05, 3.63) is 57.8 Å². The van der Waals surface area contributed by atoms with Crippen LogP contribution in [-0.2, 0) is 0 Å². The fourth-order valence-corrected chi connectivity index (χ4v) is 1.89. The zero-order chi connectivity index (χ0) is 13.1. The van der Waals surface area contributed by atoms with Gasteiger partial charge in [-0.2, -0.15) is 0 Å². The van der Waals surface area contributed by atoms with Gasteiger partial charge in [0.25, 0.3) is 0 Å². The second kappa shape index (κ2) is 5.31. The summed E-state index contributed by atoms with van der Waals surface area (Å²) in [5, 5.41) is 9.69. The summed E-state index contributed by atoms with van der Waals surface area (Å²) in [6, 6.07) is 9.83. The smallest absolute Gasteiger partial charge is 0.149 e. The second-order valence-corrected chi connectivity index (χ2v) is 4.78. The van der Waals surface area contributed by atoms with E-state index in [2.05, 4.69) is 20.9 Å². The Morgan fingerprint density at radius 1 is 1.28 bits per heavy atom. The molecule has 0 aliphatic carbocycles. The molecule has 0 spiro atoms. The Morgan fingerprint density at radius 3 is 2.72 bits per heavy atom. The maximum absolute atomic E-state index is 13.5. The van der Waals surface area contributed by atoms with Crippen molar-refractivity contribution < 1.29 is 9.50 Å². The lowest BCUT2D eigenvalue weighted by molar-refractivity contribution is 0.474. The van der Waals surface area contributed by atoms with Gasteiger partial charge in [-0.25, -0.2) is 4.39 Å². The molecule has 0 saturated heterocycles. The molecule has 0 bridgehead atoms. The number of rotatable bonds is 2. The number of hydrogen-bond donors (Lipinski definition) is 1. The molecule has 1 N–H and O–H groups in total. The summed E-state index contributed by atoms with van der Waals surface area (Å²) in [6.07, 6.45) is 1.47. The van der Waals surface area contributed by atoms with E-state index in [4.69, 9.17) is 0 Å². The summed E-state index contributed by atoms with van der Waals surface area (Å²) >= 11 is 3.18. The highest BCUT2D eigenvalue weighted by Gasteiger charge is 2.03. The van der Waals surface area contributed by atoms with Gasteiger partial charge >= 0.3 is 0 Å². The summed E-state index contributed by atoms with van der Waals surface area (Å²) in [5.74, 6) is -0.273. The monoisotopic (exact) mass is 307 g/mol. The molecule has 0 amide bonds. The highest BCUT2D eigenvalue weighted by atomic mass is 79.9. The molecule has 2 rings (SSSR count). The molecule has 4 heteroatoms. The zero-order valence-corrected chi connectivity index (χ0v) is 11.3. The lowest BCUT2D eigenvalue weighted by atomic mass is 10.1. The van der Waals surface area contributed by atoms with Crippen LogP contribution in [0.2, 0.25) is 0 Å². The number of nitrogens with zero attached hydrogens (tertiary/aromatic N) is 1. The molecule has 2 aromatic carbocycles. The second-order valence-electron chi connectivity index (χ2n) is 3.86. The average Bonchev–Trinajstić information content (AvgIpc) is 2.31. The molecule has 0 fully saturated rings. The maximum atomic E-state index is 13.5. The van der Waals surface area contributed by atoms with E-state index in [1.807, 2.05) is 13.0 Å². The summed E-state index contributed by atoms with van der Waals surface area (Å²) in [5.41, 5.74) is 1.72. The Balaban J connectivity index is 2.36. The normalized spacial score (nSPS) is 11.1. The van der Waals surface area contributed by atoms with E-state index in [-0.39, 0.29) is 11.4 Å². The number of hydrogen-bond acceptors (Lipinski definition) is 2. The Bertz CT molecular complexity index is 590. The summed E-state index contributed by atoms with van der Waals surface area (Å²) in [4.78, 5) is 4.06. The van der Waals surface area contributed by atoms with Crippen LogP contribution in [-0.4, -0.2) is 11.3 Å². The Hall–Kier alpha value is -1.68. The quantitative estimate of drug-likeness (QED) is 0.822. The number of phenolic OH excluding ortho intramolecular Hbond substituents is 1. The van der Waals surface area contributed by atoms with E-state index in [1.165, 1.54) is 12.3 Å². The van der Waals surface area contributed by atoms with Gasteiger partial charge in [0, 0.05) is 16.3 Å². The first kappa shape index (κ1) is 12.8.